The first-order chi connectivity index (χ1) is 9.02. The van der Waals surface area contributed by atoms with E-state index in [1.54, 1.807) is 0 Å². The van der Waals surface area contributed by atoms with Crippen LogP contribution in [0.5, 0.6) is 0 Å². The number of nitrogens with zero attached hydrogens (tertiary/aromatic N) is 1. The van der Waals surface area contributed by atoms with Gasteiger partial charge < -0.3 is 12.6 Å². The average molecular weight is 322 g/mol. The number of imide groups is 1. The molecule has 1 heterocycles. The summed E-state index contributed by atoms with van der Waals surface area (Å²) in [4.78, 5) is 24.8. The van der Waals surface area contributed by atoms with Gasteiger partial charge in [0, 0.05) is 24.6 Å². The molecule has 0 aromatic heterocycles. The molecule has 2 amide bonds. The molecule has 20 heavy (non-hydrogen) atoms. The first-order valence-corrected chi connectivity index (χ1v) is 7.09. The molecule has 2 N–H and O–H groups in total. The summed E-state index contributed by atoms with van der Waals surface area (Å²) in [5.74, 6) is 0.283. The van der Waals surface area contributed by atoms with Crippen LogP contribution in [0.2, 0.25) is 0 Å². The summed E-state index contributed by atoms with van der Waals surface area (Å²) in [5, 5.41) is 8.26. The Morgan fingerprint density at radius 3 is 2.40 bits per heavy atom. The van der Waals surface area contributed by atoms with E-state index >= 15 is 0 Å². The number of rotatable bonds is 4. The second-order valence-corrected chi connectivity index (χ2v) is 5.96. The molecule has 7 heteroatoms. The molecule has 1 unspecified atom stereocenters. The van der Waals surface area contributed by atoms with Crippen LogP contribution in [0.25, 0.3) is 0 Å². The van der Waals surface area contributed by atoms with Crippen molar-refractivity contribution in [3.8, 4) is 0 Å². The van der Waals surface area contributed by atoms with E-state index in [1.165, 1.54) is 4.90 Å². The molecule has 2 fully saturated rings. The Kier molecular flexibility index (Phi) is 7.76. The zero-order valence-corrected chi connectivity index (χ0v) is 15.7. The molecule has 0 aromatic rings. The number of likely N-dealkylation sites (tertiary alicyclic amines) is 1. The van der Waals surface area contributed by atoms with Gasteiger partial charge >= 0.3 is 51.4 Å². The molecule has 0 radical (unpaired) electrons. The minimum atomic E-state index is -0.567. The summed E-state index contributed by atoms with van der Waals surface area (Å²) in [5.41, 5.74) is 2.77. The zero-order chi connectivity index (χ0) is 14.0. The predicted molar refractivity (Wildman–Crippen MR) is 72.0 cm³/mol. The Balaban J connectivity index is 0.00000200. The molecule has 2 aliphatic rings. The Morgan fingerprint density at radius 2 is 1.95 bits per heavy atom. The summed E-state index contributed by atoms with van der Waals surface area (Å²) in [6.45, 7) is 4.26. The van der Waals surface area contributed by atoms with Gasteiger partial charge in [-0.05, 0) is 31.6 Å². The van der Waals surface area contributed by atoms with Crippen molar-refractivity contribution in [3.05, 3.63) is 12.3 Å². The summed E-state index contributed by atoms with van der Waals surface area (Å²) < 4.78 is 0. The summed E-state index contributed by atoms with van der Waals surface area (Å²) in [6, 6.07) is 0. The Labute approximate surface area is 167 Å². The molecule has 2 rings (SSSR count). The van der Waals surface area contributed by atoms with Gasteiger partial charge in [0.2, 0.25) is 11.8 Å². The molecule has 1 saturated heterocycles. The zero-order valence-electron chi connectivity index (χ0n) is 11.8. The van der Waals surface area contributed by atoms with E-state index in [2.05, 4.69) is 12.1 Å². The van der Waals surface area contributed by atoms with Crippen molar-refractivity contribution in [2.45, 2.75) is 37.4 Å². The van der Waals surface area contributed by atoms with E-state index in [-0.39, 0.29) is 75.5 Å². The summed E-state index contributed by atoms with van der Waals surface area (Å²) in [6.07, 6.45) is 3.89. The second kappa shape index (κ2) is 8.31. The number of allylic oxidation sites excluding steroid dienone is 1. The number of amides is 2. The molecule has 0 aromatic carbocycles. The summed E-state index contributed by atoms with van der Waals surface area (Å²) in [7, 11) is 0. The molecule has 106 valence electrons. The molecule has 1 aliphatic heterocycles. The van der Waals surface area contributed by atoms with Gasteiger partial charge in [0.25, 0.3) is 0 Å². The van der Waals surface area contributed by atoms with Gasteiger partial charge in [-0.15, -0.1) is 0 Å². The van der Waals surface area contributed by atoms with E-state index in [0.717, 1.165) is 25.7 Å². The number of hydrogen-bond acceptors (Lipinski definition) is 5. The molecule has 1 saturated carbocycles. The van der Waals surface area contributed by atoms with Crippen molar-refractivity contribution >= 4 is 24.4 Å². The minimum Gasteiger partial charge on any atom is -0.779 e. The van der Waals surface area contributed by atoms with Crippen LogP contribution in [0.3, 0.4) is 0 Å². The van der Waals surface area contributed by atoms with E-state index in [0.29, 0.717) is 18.2 Å². The predicted octanol–water partition coefficient (Wildman–Crippen LogP) is -2.04. The third-order valence-electron chi connectivity index (χ3n) is 4.13. The number of carbonyl (C=O) groups excluding carboxylic acids is 2. The smallest absolute Gasteiger partial charge is 0.779 e. The number of hydrogen-bond donors (Lipinski definition) is 2. The van der Waals surface area contributed by atoms with Crippen molar-refractivity contribution in [2.24, 2.45) is 11.8 Å². The van der Waals surface area contributed by atoms with Gasteiger partial charge in [0.1, 0.15) is 0 Å². The molecule has 0 spiro atoms. The molecular formula is C13H19KN2O3S. The molecular weight excluding hydrogens is 303 g/mol. The van der Waals surface area contributed by atoms with Crippen LogP contribution in [0.4, 0.5) is 0 Å². The van der Waals surface area contributed by atoms with Crippen LogP contribution in [-0.4, -0.2) is 33.7 Å². The second-order valence-electron chi connectivity index (χ2n) is 5.39. The van der Waals surface area contributed by atoms with Gasteiger partial charge in [-0.2, -0.15) is 0 Å². The number of carbonyl (C=O) groups is 2. The van der Waals surface area contributed by atoms with Gasteiger partial charge in [0.05, 0.1) is 0 Å². The maximum atomic E-state index is 11.8. The quantitative estimate of drug-likeness (QED) is 0.270. The molecule has 1 aliphatic carbocycles. The third kappa shape index (κ3) is 4.31. The van der Waals surface area contributed by atoms with E-state index < -0.39 is 5.25 Å². The van der Waals surface area contributed by atoms with Crippen LogP contribution in [0.1, 0.15) is 32.1 Å². The summed E-state index contributed by atoms with van der Waals surface area (Å²) >= 11 is 4.96. The van der Waals surface area contributed by atoms with Crippen molar-refractivity contribution in [2.75, 3.05) is 6.54 Å². The maximum absolute atomic E-state index is 11.8. The fourth-order valence-electron chi connectivity index (χ4n) is 2.89. The third-order valence-corrected chi connectivity index (χ3v) is 4.49. The average Bonchev–Trinajstić information content (AvgIpc) is 2.65. The van der Waals surface area contributed by atoms with Crippen LogP contribution in [0, 0.1) is 11.8 Å². The number of nitrogens with one attached hydrogen (secondary N) is 1. The largest absolute Gasteiger partial charge is 1.00 e. The standard InChI is InChI=1S/C13H20N2O3S.K/c1-8(14-18)10-4-2-9(3-5-10)7-15-12(16)6-11(19)13(15)17;/h9-11,14,18-19H,1-7H2;/q;+1/p-1. The topological polar surface area (TPSA) is 69.6 Å². The number of hydroxylamine groups is 1. The van der Waals surface area contributed by atoms with E-state index in [9.17, 15) is 9.59 Å². The fourth-order valence-corrected chi connectivity index (χ4v) is 3.16. The van der Waals surface area contributed by atoms with E-state index in [4.69, 9.17) is 17.8 Å². The molecule has 5 nitrogen and oxygen atoms in total. The first kappa shape index (κ1) is 18.7. The van der Waals surface area contributed by atoms with Crippen molar-refractivity contribution in [1.82, 2.24) is 10.4 Å². The van der Waals surface area contributed by atoms with Crippen LogP contribution >= 0.6 is 0 Å². The Hall–Kier alpha value is 0.626. The van der Waals surface area contributed by atoms with Crippen LogP contribution in [-0.2, 0) is 22.2 Å². The maximum Gasteiger partial charge on any atom is 1.00 e. The Morgan fingerprint density at radius 1 is 1.35 bits per heavy atom. The fraction of sp³-hybridized carbons (Fsp3) is 0.692. The molecule has 0 bridgehead atoms. The Bertz CT molecular complexity index is 397. The van der Waals surface area contributed by atoms with Crippen LogP contribution in [0.15, 0.2) is 12.3 Å². The van der Waals surface area contributed by atoms with E-state index in [1.807, 2.05) is 0 Å². The van der Waals surface area contributed by atoms with Gasteiger partial charge in [-0.1, -0.05) is 11.8 Å². The normalized spacial score (nSPS) is 30.1. The first-order valence-electron chi connectivity index (χ1n) is 6.61. The van der Waals surface area contributed by atoms with Crippen molar-refractivity contribution in [3.63, 3.8) is 0 Å². The monoisotopic (exact) mass is 322 g/mol. The minimum absolute atomic E-state index is 0. The van der Waals surface area contributed by atoms with Gasteiger partial charge in [-0.3, -0.25) is 25.2 Å². The van der Waals surface area contributed by atoms with Crippen molar-refractivity contribution < 1.29 is 66.2 Å². The van der Waals surface area contributed by atoms with Gasteiger partial charge in [0.15, 0.2) is 0 Å². The SMILES string of the molecule is C=C(NO)C1CCC(CN2C(=O)CC([S-])C2=O)CC1.[K+]. The van der Waals surface area contributed by atoms with Crippen molar-refractivity contribution in [1.29, 1.82) is 0 Å². The molecule has 1 atom stereocenters. The van der Waals surface area contributed by atoms with Gasteiger partial charge in [-0.25, -0.2) is 0 Å². The van der Waals surface area contributed by atoms with Crippen LogP contribution < -0.4 is 56.9 Å².